The minimum atomic E-state index is 0.608. The summed E-state index contributed by atoms with van der Waals surface area (Å²) >= 11 is 6.10. The number of aryl methyl sites for hydroxylation is 2. The van der Waals surface area contributed by atoms with E-state index in [9.17, 15) is 0 Å². The highest BCUT2D eigenvalue weighted by Gasteiger charge is 2.08. The van der Waals surface area contributed by atoms with Crippen LogP contribution in [0.1, 0.15) is 16.7 Å². The molecule has 0 spiro atoms. The molecule has 2 rings (SSSR count). The van der Waals surface area contributed by atoms with Gasteiger partial charge in [-0.05, 0) is 37.1 Å². The number of nitrogens with two attached hydrogens (primary N) is 1. The van der Waals surface area contributed by atoms with Crippen molar-refractivity contribution in [3.8, 4) is 0 Å². The van der Waals surface area contributed by atoms with E-state index in [4.69, 9.17) is 17.3 Å². The summed E-state index contributed by atoms with van der Waals surface area (Å²) < 4.78 is 0. The number of benzene rings is 2. The average molecular weight is 275 g/mol. The molecule has 100 valence electrons. The van der Waals surface area contributed by atoms with E-state index in [0.29, 0.717) is 10.7 Å². The normalized spacial score (nSPS) is 10.5. The van der Waals surface area contributed by atoms with E-state index in [1.807, 2.05) is 19.1 Å². The van der Waals surface area contributed by atoms with Crippen LogP contribution in [0.3, 0.4) is 0 Å². The minimum absolute atomic E-state index is 0.608. The average Bonchev–Trinajstić information content (AvgIpc) is 2.36. The molecule has 0 amide bonds. The molecule has 0 aliphatic rings. The van der Waals surface area contributed by atoms with Crippen LogP contribution in [0.5, 0.6) is 0 Å². The van der Waals surface area contributed by atoms with E-state index < -0.39 is 0 Å². The van der Waals surface area contributed by atoms with E-state index in [1.54, 1.807) is 0 Å². The largest absolute Gasteiger partial charge is 0.398 e. The summed E-state index contributed by atoms with van der Waals surface area (Å²) in [5, 5.41) is 0.608. The van der Waals surface area contributed by atoms with Gasteiger partial charge in [0.15, 0.2) is 0 Å². The molecule has 0 atom stereocenters. The van der Waals surface area contributed by atoms with Crippen molar-refractivity contribution in [1.82, 2.24) is 0 Å². The summed E-state index contributed by atoms with van der Waals surface area (Å²) in [6.45, 7) is 4.99. The first-order valence-electron chi connectivity index (χ1n) is 6.29. The number of hydrogen-bond acceptors (Lipinski definition) is 2. The van der Waals surface area contributed by atoms with Crippen LogP contribution in [0.2, 0.25) is 5.02 Å². The van der Waals surface area contributed by atoms with Gasteiger partial charge in [0, 0.05) is 19.3 Å². The molecule has 3 heteroatoms. The van der Waals surface area contributed by atoms with Crippen LogP contribution in [-0.2, 0) is 6.54 Å². The molecule has 0 heterocycles. The highest BCUT2D eigenvalue weighted by Crippen LogP contribution is 2.29. The maximum Gasteiger partial charge on any atom is 0.0656 e. The van der Waals surface area contributed by atoms with Gasteiger partial charge in [0.2, 0.25) is 0 Å². The molecule has 0 fully saturated rings. The molecule has 2 aromatic carbocycles. The van der Waals surface area contributed by atoms with E-state index in [2.05, 4.69) is 43.1 Å². The van der Waals surface area contributed by atoms with Gasteiger partial charge in [-0.25, -0.2) is 0 Å². The quantitative estimate of drug-likeness (QED) is 0.851. The van der Waals surface area contributed by atoms with Crippen molar-refractivity contribution in [3.63, 3.8) is 0 Å². The Morgan fingerprint density at radius 2 is 1.74 bits per heavy atom. The Bertz CT molecular complexity index is 576. The summed E-state index contributed by atoms with van der Waals surface area (Å²) in [6.07, 6.45) is 0. The molecule has 0 aromatic heterocycles. The lowest BCUT2D eigenvalue weighted by Crippen LogP contribution is -2.17. The smallest absolute Gasteiger partial charge is 0.0656 e. The van der Waals surface area contributed by atoms with Crippen LogP contribution < -0.4 is 10.6 Å². The molecule has 0 aliphatic carbocycles. The number of nitrogen functional groups attached to an aromatic ring is 1. The Labute approximate surface area is 119 Å². The molecule has 2 aromatic rings. The summed E-state index contributed by atoms with van der Waals surface area (Å²) in [4.78, 5) is 2.19. The number of nitrogens with zero attached hydrogens (tertiary/aromatic N) is 1. The van der Waals surface area contributed by atoms with Crippen molar-refractivity contribution < 1.29 is 0 Å². The predicted octanol–water partition coefficient (Wildman–Crippen LogP) is 4.18. The monoisotopic (exact) mass is 274 g/mol. The molecular weight excluding hydrogens is 256 g/mol. The molecule has 0 bridgehead atoms. The second kappa shape index (κ2) is 5.54. The number of anilines is 2. The van der Waals surface area contributed by atoms with Gasteiger partial charge in [-0.15, -0.1) is 0 Å². The van der Waals surface area contributed by atoms with Crippen LogP contribution in [0.15, 0.2) is 36.4 Å². The lowest BCUT2D eigenvalue weighted by Gasteiger charge is -2.22. The number of hydrogen-bond donors (Lipinski definition) is 1. The maximum absolute atomic E-state index is 6.10. The predicted molar refractivity (Wildman–Crippen MR) is 83.9 cm³/mol. The highest BCUT2D eigenvalue weighted by molar-refractivity contribution is 6.33. The van der Waals surface area contributed by atoms with Crippen LogP contribution in [0, 0.1) is 13.8 Å². The van der Waals surface area contributed by atoms with Gasteiger partial charge >= 0.3 is 0 Å². The molecule has 2 nitrogen and oxygen atoms in total. The van der Waals surface area contributed by atoms with Crippen LogP contribution in [0.25, 0.3) is 0 Å². The highest BCUT2D eigenvalue weighted by atomic mass is 35.5. The zero-order valence-electron chi connectivity index (χ0n) is 11.6. The first kappa shape index (κ1) is 13.8. The third-order valence-corrected chi connectivity index (χ3v) is 3.59. The third kappa shape index (κ3) is 3.21. The molecule has 0 aliphatic heterocycles. The van der Waals surface area contributed by atoms with Crippen molar-refractivity contribution in [2.75, 3.05) is 17.7 Å². The van der Waals surface area contributed by atoms with Gasteiger partial charge in [-0.1, -0.05) is 41.4 Å². The second-order valence-corrected chi connectivity index (χ2v) is 5.41. The summed E-state index contributed by atoms with van der Waals surface area (Å²) in [6, 6.07) is 12.4. The Morgan fingerprint density at radius 1 is 1.11 bits per heavy atom. The molecule has 2 N–H and O–H groups in total. The van der Waals surface area contributed by atoms with Crippen LogP contribution >= 0.6 is 11.6 Å². The van der Waals surface area contributed by atoms with Crippen molar-refractivity contribution in [2.24, 2.45) is 0 Å². The third-order valence-electron chi connectivity index (χ3n) is 3.27. The van der Waals surface area contributed by atoms with Gasteiger partial charge < -0.3 is 10.6 Å². The zero-order valence-corrected chi connectivity index (χ0v) is 12.3. The van der Waals surface area contributed by atoms with Gasteiger partial charge in [-0.3, -0.25) is 0 Å². The van der Waals surface area contributed by atoms with Gasteiger partial charge in [0.1, 0.15) is 0 Å². The van der Waals surface area contributed by atoms with Gasteiger partial charge in [0.05, 0.1) is 10.7 Å². The fourth-order valence-corrected chi connectivity index (χ4v) is 2.32. The fourth-order valence-electron chi connectivity index (χ4n) is 2.16. The van der Waals surface area contributed by atoms with Crippen LogP contribution in [0.4, 0.5) is 11.4 Å². The van der Waals surface area contributed by atoms with Crippen molar-refractivity contribution in [2.45, 2.75) is 20.4 Å². The van der Waals surface area contributed by atoms with Crippen molar-refractivity contribution in [3.05, 3.63) is 58.1 Å². The lowest BCUT2D eigenvalue weighted by molar-refractivity contribution is 0.917. The zero-order chi connectivity index (χ0) is 14.0. The number of halogens is 1. The Hall–Kier alpha value is -1.67. The Kier molecular flexibility index (Phi) is 4.01. The standard InChI is InChI=1S/C16H19ClN2/c1-11-4-6-13(7-5-11)10-19(3)16-9-14(17)15(18)8-12(16)2/h4-9H,10,18H2,1-3H3. The van der Waals surface area contributed by atoms with E-state index >= 15 is 0 Å². The molecule has 0 saturated heterocycles. The first-order valence-corrected chi connectivity index (χ1v) is 6.67. The van der Waals surface area contributed by atoms with Gasteiger partial charge in [-0.2, -0.15) is 0 Å². The SMILES string of the molecule is Cc1ccc(CN(C)c2cc(Cl)c(N)cc2C)cc1. The molecular formula is C16H19ClN2. The van der Waals surface area contributed by atoms with Crippen molar-refractivity contribution >= 4 is 23.0 Å². The summed E-state index contributed by atoms with van der Waals surface area (Å²) in [7, 11) is 2.06. The lowest BCUT2D eigenvalue weighted by atomic mass is 10.1. The fraction of sp³-hybridized carbons (Fsp3) is 0.250. The second-order valence-electron chi connectivity index (χ2n) is 5.00. The molecule has 0 unspecified atom stereocenters. The summed E-state index contributed by atoms with van der Waals surface area (Å²) in [5.74, 6) is 0. The number of rotatable bonds is 3. The van der Waals surface area contributed by atoms with Gasteiger partial charge in [0.25, 0.3) is 0 Å². The van der Waals surface area contributed by atoms with E-state index in [0.717, 1.165) is 17.8 Å². The summed E-state index contributed by atoms with van der Waals surface area (Å²) in [5.41, 5.74) is 11.2. The van der Waals surface area contributed by atoms with Crippen molar-refractivity contribution in [1.29, 1.82) is 0 Å². The first-order chi connectivity index (χ1) is 8.97. The van der Waals surface area contributed by atoms with E-state index in [-0.39, 0.29) is 0 Å². The minimum Gasteiger partial charge on any atom is -0.398 e. The Morgan fingerprint density at radius 3 is 2.37 bits per heavy atom. The molecule has 19 heavy (non-hydrogen) atoms. The topological polar surface area (TPSA) is 29.3 Å². The molecule has 0 saturated carbocycles. The Balaban J connectivity index is 2.22. The van der Waals surface area contributed by atoms with E-state index in [1.165, 1.54) is 11.1 Å². The molecule has 0 radical (unpaired) electrons. The van der Waals surface area contributed by atoms with Crippen LogP contribution in [-0.4, -0.2) is 7.05 Å². The maximum atomic E-state index is 6.10.